The zero-order valence-corrected chi connectivity index (χ0v) is 21.8. The van der Waals surface area contributed by atoms with E-state index in [9.17, 15) is 18.0 Å². The Bertz CT molecular complexity index is 1410. The molecule has 1 aromatic heterocycles. The van der Waals surface area contributed by atoms with Crippen LogP contribution in [0.3, 0.4) is 0 Å². The fourth-order valence-corrected chi connectivity index (χ4v) is 4.48. The molecule has 0 atom stereocenters. The van der Waals surface area contributed by atoms with E-state index in [0.717, 1.165) is 29.5 Å². The highest BCUT2D eigenvalue weighted by Gasteiger charge is 2.34. The molecule has 0 bridgehead atoms. The summed E-state index contributed by atoms with van der Waals surface area (Å²) in [5.74, 6) is 1.02. The van der Waals surface area contributed by atoms with E-state index in [-0.39, 0.29) is 16.5 Å². The molecule has 12 heteroatoms. The smallest absolute Gasteiger partial charge is 0.418 e. The standard InChI is InChI=1S/C26H22ClF3N4O3S/c1-3-37-20-11-7-18(8-12-20)34-24(16-4-9-19(36-2)10-5-16)32-33-25(34)38-15-23(35)31-22-13-6-17(27)14-21(22)26(28,29)30/h4-14H,3,15H2,1-2H3,(H,31,35). The lowest BCUT2D eigenvalue weighted by Crippen LogP contribution is -2.18. The van der Waals surface area contributed by atoms with Gasteiger partial charge in [-0.25, -0.2) is 0 Å². The Morgan fingerprint density at radius 3 is 2.34 bits per heavy atom. The first-order valence-electron chi connectivity index (χ1n) is 11.3. The molecule has 7 nitrogen and oxygen atoms in total. The number of thioether (sulfide) groups is 1. The van der Waals surface area contributed by atoms with Crippen molar-refractivity contribution in [3.63, 3.8) is 0 Å². The van der Waals surface area contributed by atoms with Gasteiger partial charge in [-0.1, -0.05) is 23.4 Å². The number of nitrogens with zero attached hydrogens (tertiary/aromatic N) is 3. The molecular formula is C26H22ClF3N4O3S. The number of methoxy groups -OCH3 is 1. The minimum absolute atomic E-state index is 0.0841. The summed E-state index contributed by atoms with van der Waals surface area (Å²) in [4.78, 5) is 12.6. The molecular weight excluding hydrogens is 541 g/mol. The van der Waals surface area contributed by atoms with Crippen molar-refractivity contribution in [3.05, 3.63) is 77.3 Å². The summed E-state index contributed by atoms with van der Waals surface area (Å²) >= 11 is 6.76. The largest absolute Gasteiger partial charge is 0.497 e. The fraction of sp³-hybridized carbons (Fsp3) is 0.192. The van der Waals surface area contributed by atoms with Gasteiger partial charge in [-0.3, -0.25) is 9.36 Å². The molecule has 3 aromatic carbocycles. The number of carbonyl (C=O) groups excluding carboxylic acids is 1. The van der Waals surface area contributed by atoms with E-state index < -0.39 is 17.6 Å². The number of halogens is 4. The summed E-state index contributed by atoms with van der Waals surface area (Å²) in [6.45, 7) is 2.40. The highest BCUT2D eigenvalue weighted by atomic mass is 35.5. The molecule has 1 amide bonds. The predicted molar refractivity (Wildman–Crippen MR) is 140 cm³/mol. The van der Waals surface area contributed by atoms with Gasteiger partial charge in [0, 0.05) is 16.3 Å². The maximum atomic E-state index is 13.4. The molecule has 1 heterocycles. The molecule has 0 saturated carbocycles. The van der Waals surface area contributed by atoms with Crippen molar-refractivity contribution in [2.75, 3.05) is 24.8 Å². The van der Waals surface area contributed by atoms with Crippen LogP contribution >= 0.6 is 23.4 Å². The van der Waals surface area contributed by atoms with Gasteiger partial charge < -0.3 is 14.8 Å². The number of ether oxygens (including phenoxy) is 2. The molecule has 4 rings (SSSR count). The number of amides is 1. The van der Waals surface area contributed by atoms with Gasteiger partial charge in [0.2, 0.25) is 5.91 Å². The molecule has 0 unspecified atom stereocenters. The topological polar surface area (TPSA) is 78.3 Å². The van der Waals surface area contributed by atoms with Crippen molar-refractivity contribution in [1.82, 2.24) is 14.8 Å². The van der Waals surface area contributed by atoms with Crippen LogP contribution in [0.2, 0.25) is 5.02 Å². The summed E-state index contributed by atoms with van der Waals surface area (Å²) in [7, 11) is 1.57. The van der Waals surface area contributed by atoms with Gasteiger partial charge in [-0.05, 0) is 73.7 Å². The SMILES string of the molecule is CCOc1ccc(-n2c(SCC(=O)Nc3ccc(Cl)cc3C(F)(F)F)nnc2-c2ccc(OC)cc2)cc1. The first-order valence-corrected chi connectivity index (χ1v) is 12.7. The van der Waals surface area contributed by atoms with Gasteiger partial charge in [-0.2, -0.15) is 13.2 Å². The molecule has 0 fully saturated rings. The van der Waals surface area contributed by atoms with Gasteiger partial charge in [0.05, 0.1) is 30.7 Å². The van der Waals surface area contributed by atoms with E-state index in [1.165, 1.54) is 6.07 Å². The number of anilines is 1. The van der Waals surface area contributed by atoms with Gasteiger partial charge in [0.25, 0.3) is 0 Å². The second-order valence-electron chi connectivity index (χ2n) is 7.82. The number of alkyl halides is 3. The third-order valence-corrected chi connectivity index (χ3v) is 6.45. The summed E-state index contributed by atoms with van der Waals surface area (Å²) in [6.07, 6.45) is -4.68. The first-order chi connectivity index (χ1) is 18.2. The van der Waals surface area contributed by atoms with Crippen LogP contribution < -0.4 is 14.8 Å². The normalized spacial score (nSPS) is 11.3. The van der Waals surface area contributed by atoms with Gasteiger partial charge >= 0.3 is 6.18 Å². The summed E-state index contributed by atoms with van der Waals surface area (Å²) < 4.78 is 52.7. The molecule has 0 aliphatic rings. The van der Waals surface area contributed by atoms with E-state index in [2.05, 4.69) is 15.5 Å². The van der Waals surface area contributed by atoms with Gasteiger partial charge in [-0.15, -0.1) is 10.2 Å². The van der Waals surface area contributed by atoms with Crippen molar-refractivity contribution < 1.29 is 27.4 Å². The van der Waals surface area contributed by atoms with Crippen molar-refractivity contribution in [2.24, 2.45) is 0 Å². The van der Waals surface area contributed by atoms with Crippen LogP contribution in [-0.2, 0) is 11.0 Å². The third kappa shape index (κ3) is 6.40. The van der Waals surface area contributed by atoms with Crippen LogP contribution in [0.25, 0.3) is 17.1 Å². The number of hydrogen-bond donors (Lipinski definition) is 1. The monoisotopic (exact) mass is 562 g/mol. The number of carbonyl (C=O) groups is 1. The quantitative estimate of drug-likeness (QED) is 0.228. The van der Waals surface area contributed by atoms with Crippen molar-refractivity contribution in [3.8, 4) is 28.6 Å². The van der Waals surface area contributed by atoms with Crippen molar-refractivity contribution >= 4 is 35.0 Å². The lowest BCUT2D eigenvalue weighted by atomic mass is 10.1. The van der Waals surface area contributed by atoms with E-state index in [0.29, 0.717) is 34.8 Å². The van der Waals surface area contributed by atoms with E-state index in [4.69, 9.17) is 21.1 Å². The van der Waals surface area contributed by atoms with Crippen LogP contribution in [0, 0.1) is 0 Å². The molecule has 0 aliphatic heterocycles. The minimum atomic E-state index is -4.68. The number of aromatic nitrogens is 3. The lowest BCUT2D eigenvalue weighted by molar-refractivity contribution is -0.137. The Labute approximate surface area is 225 Å². The molecule has 0 radical (unpaired) electrons. The van der Waals surface area contributed by atoms with E-state index >= 15 is 0 Å². The number of benzene rings is 3. The average molecular weight is 563 g/mol. The Hall–Kier alpha value is -3.70. The van der Waals surface area contributed by atoms with Crippen LogP contribution in [-0.4, -0.2) is 40.1 Å². The predicted octanol–water partition coefficient (Wildman–Crippen LogP) is 6.74. The fourth-order valence-electron chi connectivity index (χ4n) is 3.56. The van der Waals surface area contributed by atoms with E-state index in [1.54, 1.807) is 35.9 Å². The van der Waals surface area contributed by atoms with Crippen molar-refractivity contribution in [1.29, 1.82) is 0 Å². The molecule has 38 heavy (non-hydrogen) atoms. The van der Waals surface area contributed by atoms with Gasteiger partial charge in [0.1, 0.15) is 11.5 Å². The Balaban J connectivity index is 1.61. The second-order valence-corrected chi connectivity index (χ2v) is 9.20. The first kappa shape index (κ1) is 27.3. The zero-order valence-electron chi connectivity index (χ0n) is 20.3. The Kier molecular flexibility index (Phi) is 8.48. The summed E-state index contributed by atoms with van der Waals surface area (Å²) in [5, 5.41) is 11.2. The molecule has 198 valence electrons. The average Bonchev–Trinajstić information content (AvgIpc) is 3.32. The molecule has 4 aromatic rings. The lowest BCUT2D eigenvalue weighted by Gasteiger charge is -2.14. The number of nitrogens with one attached hydrogen (secondary N) is 1. The second kappa shape index (κ2) is 11.8. The highest BCUT2D eigenvalue weighted by molar-refractivity contribution is 7.99. The van der Waals surface area contributed by atoms with Crippen LogP contribution in [0.4, 0.5) is 18.9 Å². The number of rotatable bonds is 9. The van der Waals surface area contributed by atoms with Crippen LogP contribution in [0.5, 0.6) is 11.5 Å². The molecule has 0 aliphatic carbocycles. The highest BCUT2D eigenvalue weighted by Crippen LogP contribution is 2.37. The van der Waals surface area contributed by atoms with Gasteiger partial charge in [0.15, 0.2) is 11.0 Å². The van der Waals surface area contributed by atoms with Crippen molar-refractivity contribution in [2.45, 2.75) is 18.3 Å². The molecule has 0 spiro atoms. The molecule has 1 N–H and O–H groups in total. The Morgan fingerprint density at radius 2 is 1.71 bits per heavy atom. The van der Waals surface area contributed by atoms with Crippen LogP contribution in [0.15, 0.2) is 71.9 Å². The summed E-state index contributed by atoms with van der Waals surface area (Å²) in [6, 6.07) is 17.7. The summed E-state index contributed by atoms with van der Waals surface area (Å²) in [5.41, 5.74) is 0.0609. The zero-order chi connectivity index (χ0) is 27.3. The number of hydrogen-bond acceptors (Lipinski definition) is 6. The van der Waals surface area contributed by atoms with E-state index in [1.807, 2.05) is 31.2 Å². The maximum absolute atomic E-state index is 13.4. The maximum Gasteiger partial charge on any atom is 0.418 e. The minimum Gasteiger partial charge on any atom is -0.497 e. The molecule has 0 saturated heterocycles. The van der Waals surface area contributed by atoms with Crippen LogP contribution in [0.1, 0.15) is 12.5 Å². The Morgan fingerprint density at radius 1 is 1.03 bits per heavy atom. The third-order valence-electron chi connectivity index (χ3n) is 5.28.